The molecule has 0 aliphatic heterocycles. The Hall–Kier alpha value is -2.50. The van der Waals surface area contributed by atoms with Crippen LogP contribution in [-0.4, -0.2) is 28.0 Å². The maximum Gasteiger partial charge on any atom is 0.326 e. The molecule has 5 nitrogen and oxygen atoms in total. The van der Waals surface area contributed by atoms with Crippen LogP contribution in [0.2, 0.25) is 0 Å². The minimum atomic E-state index is -1.13. The van der Waals surface area contributed by atoms with Gasteiger partial charge in [-0.05, 0) is 24.1 Å². The van der Waals surface area contributed by atoms with E-state index in [0.29, 0.717) is 10.9 Å². The van der Waals surface area contributed by atoms with E-state index in [4.69, 9.17) is 5.11 Å². The van der Waals surface area contributed by atoms with Crippen LogP contribution >= 0.6 is 0 Å². The molecule has 0 radical (unpaired) electrons. The van der Waals surface area contributed by atoms with Crippen molar-refractivity contribution in [2.45, 2.75) is 19.9 Å². The van der Waals surface area contributed by atoms with E-state index in [-0.39, 0.29) is 11.5 Å². The molecule has 2 N–H and O–H groups in total. The number of carboxylic acids is 1. The van der Waals surface area contributed by atoms with E-state index in [1.807, 2.05) is 0 Å². The van der Waals surface area contributed by atoms with Crippen LogP contribution in [0.4, 0.5) is 4.39 Å². The number of aromatic nitrogens is 1. The Morgan fingerprint density at radius 3 is 2.67 bits per heavy atom. The lowest BCUT2D eigenvalue weighted by atomic mass is 10.0. The molecule has 1 atom stereocenters. The van der Waals surface area contributed by atoms with E-state index < -0.39 is 23.7 Å². The van der Waals surface area contributed by atoms with Crippen molar-refractivity contribution in [1.82, 2.24) is 10.3 Å². The number of carboxylic acid groups (broad SMARTS) is 1. The van der Waals surface area contributed by atoms with Crippen LogP contribution in [0.5, 0.6) is 0 Å². The molecule has 1 amide bonds. The van der Waals surface area contributed by atoms with Crippen molar-refractivity contribution in [2.24, 2.45) is 5.92 Å². The summed E-state index contributed by atoms with van der Waals surface area (Å²) >= 11 is 0. The van der Waals surface area contributed by atoms with Crippen LogP contribution in [0.1, 0.15) is 24.2 Å². The minimum absolute atomic E-state index is 0.0255. The summed E-state index contributed by atoms with van der Waals surface area (Å²) in [6.45, 7) is 3.36. The van der Waals surface area contributed by atoms with E-state index in [2.05, 4.69) is 10.3 Å². The maximum atomic E-state index is 13.6. The smallest absolute Gasteiger partial charge is 0.326 e. The topological polar surface area (TPSA) is 79.3 Å². The largest absolute Gasteiger partial charge is 0.480 e. The van der Waals surface area contributed by atoms with Crippen molar-refractivity contribution in [1.29, 1.82) is 0 Å². The number of aliphatic carboxylic acids is 1. The van der Waals surface area contributed by atoms with Crippen LogP contribution in [-0.2, 0) is 4.79 Å². The number of carbonyl (C=O) groups is 2. The van der Waals surface area contributed by atoms with E-state index in [1.165, 1.54) is 12.3 Å². The average Bonchev–Trinajstić information content (AvgIpc) is 2.42. The molecule has 0 aliphatic rings. The number of nitrogens with one attached hydrogen (secondary N) is 1. The molecule has 2 aromatic rings. The van der Waals surface area contributed by atoms with E-state index in [1.54, 1.807) is 26.0 Å². The van der Waals surface area contributed by atoms with Gasteiger partial charge >= 0.3 is 5.97 Å². The number of fused-ring (bicyclic) bond motifs is 1. The molecule has 6 heteroatoms. The van der Waals surface area contributed by atoms with Crippen molar-refractivity contribution in [3.05, 3.63) is 41.8 Å². The molecule has 0 saturated heterocycles. The standard InChI is InChI=1S/C15H15FN2O3/c1-8(2)12(15(20)21)18-14(19)11-7-10(16)6-9-4-3-5-17-13(9)11/h3-8,12H,1-2H3,(H,18,19)(H,20,21)/t12-/m1/s1. The minimum Gasteiger partial charge on any atom is -0.480 e. The highest BCUT2D eigenvalue weighted by Gasteiger charge is 2.25. The number of hydrogen-bond acceptors (Lipinski definition) is 3. The normalized spacial score (nSPS) is 12.4. The Kier molecular flexibility index (Phi) is 4.16. The number of carbonyl (C=O) groups excluding carboxylic acids is 1. The molecular weight excluding hydrogens is 275 g/mol. The van der Waals surface area contributed by atoms with Gasteiger partial charge in [-0.1, -0.05) is 19.9 Å². The van der Waals surface area contributed by atoms with Gasteiger partial charge in [0.2, 0.25) is 0 Å². The highest BCUT2D eigenvalue weighted by atomic mass is 19.1. The third-order valence-corrected chi connectivity index (χ3v) is 3.13. The summed E-state index contributed by atoms with van der Waals surface area (Å²) in [4.78, 5) is 27.4. The zero-order valence-electron chi connectivity index (χ0n) is 11.6. The lowest BCUT2D eigenvalue weighted by Gasteiger charge is -2.18. The van der Waals surface area contributed by atoms with Gasteiger partial charge in [-0.15, -0.1) is 0 Å². The predicted molar refractivity (Wildman–Crippen MR) is 75.4 cm³/mol. The molecule has 0 unspecified atom stereocenters. The number of nitrogens with zero attached hydrogens (tertiary/aromatic N) is 1. The van der Waals surface area contributed by atoms with Crippen LogP contribution in [0, 0.1) is 11.7 Å². The van der Waals surface area contributed by atoms with Crippen molar-refractivity contribution >= 4 is 22.8 Å². The number of hydrogen-bond donors (Lipinski definition) is 2. The average molecular weight is 290 g/mol. The molecule has 0 fully saturated rings. The molecule has 1 heterocycles. The highest BCUT2D eigenvalue weighted by molar-refractivity contribution is 6.06. The number of amides is 1. The maximum absolute atomic E-state index is 13.6. The van der Waals surface area contributed by atoms with Gasteiger partial charge in [-0.25, -0.2) is 9.18 Å². The van der Waals surface area contributed by atoms with Gasteiger partial charge in [-0.3, -0.25) is 9.78 Å². The number of pyridine rings is 1. The van der Waals surface area contributed by atoms with Crippen LogP contribution in [0.25, 0.3) is 10.9 Å². The summed E-state index contributed by atoms with van der Waals surface area (Å²) in [5, 5.41) is 12.0. The van der Waals surface area contributed by atoms with Gasteiger partial charge in [0.1, 0.15) is 11.9 Å². The first-order valence-corrected chi connectivity index (χ1v) is 6.48. The fraction of sp³-hybridized carbons (Fsp3) is 0.267. The van der Waals surface area contributed by atoms with Gasteiger partial charge in [-0.2, -0.15) is 0 Å². The fourth-order valence-electron chi connectivity index (χ4n) is 2.06. The van der Waals surface area contributed by atoms with E-state index in [0.717, 1.165) is 6.07 Å². The van der Waals surface area contributed by atoms with Crippen molar-refractivity contribution in [3.63, 3.8) is 0 Å². The Labute approximate surface area is 120 Å². The van der Waals surface area contributed by atoms with E-state index in [9.17, 15) is 14.0 Å². The summed E-state index contributed by atoms with van der Waals surface area (Å²) in [6, 6.07) is 4.57. The Morgan fingerprint density at radius 2 is 2.05 bits per heavy atom. The number of rotatable bonds is 4. The first-order chi connectivity index (χ1) is 9.90. The second-order valence-electron chi connectivity index (χ2n) is 5.06. The second kappa shape index (κ2) is 5.87. The number of halogens is 1. The van der Waals surface area contributed by atoms with Crippen LogP contribution < -0.4 is 5.32 Å². The van der Waals surface area contributed by atoms with Crippen LogP contribution in [0.3, 0.4) is 0 Å². The third kappa shape index (κ3) is 3.16. The lowest BCUT2D eigenvalue weighted by molar-refractivity contribution is -0.140. The summed E-state index contributed by atoms with van der Waals surface area (Å²) < 4.78 is 13.6. The Balaban J connectivity index is 2.42. The molecule has 110 valence electrons. The first-order valence-electron chi connectivity index (χ1n) is 6.48. The molecule has 21 heavy (non-hydrogen) atoms. The zero-order chi connectivity index (χ0) is 15.6. The highest BCUT2D eigenvalue weighted by Crippen LogP contribution is 2.18. The molecule has 0 bridgehead atoms. The molecule has 0 spiro atoms. The molecule has 1 aromatic heterocycles. The quantitative estimate of drug-likeness (QED) is 0.904. The van der Waals surface area contributed by atoms with Crippen molar-refractivity contribution in [2.75, 3.05) is 0 Å². The second-order valence-corrected chi connectivity index (χ2v) is 5.06. The SMILES string of the molecule is CC(C)[C@@H](NC(=O)c1cc(F)cc2cccnc12)C(=O)O. The first kappa shape index (κ1) is 14.9. The van der Waals surface area contributed by atoms with Crippen LogP contribution in [0.15, 0.2) is 30.5 Å². The van der Waals surface area contributed by atoms with Gasteiger partial charge < -0.3 is 10.4 Å². The van der Waals surface area contributed by atoms with Gasteiger partial charge in [0.15, 0.2) is 0 Å². The molecule has 0 saturated carbocycles. The summed E-state index contributed by atoms with van der Waals surface area (Å²) in [6.07, 6.45) is 1.49. The Morgan fingerprint density at radius 1 is 1.33 bits per heavy atom. The molecule has 0 aliphatic carbocycles. The van der Waals surface area contributed by atoms with Crippen molar-refractivity contribution < 1.29 is 19.1 Å². The van der Waals surface area contributed by atoms with Crippen molar-refractivity contribution in [3.8, 4) is 0 Å². The summed E-state index contributed by atoms with van der Waals surface area (Å²) in [5.41, 5.74) is 0.363. The predicted octanol–water partition coefficient (Wildman–Crippen LogP) is 2.21. The molecule has 2 rings (SSSR count). The van der Waals surface area contributed by atoms with Gasteiger partial charge in [0.25, 0.3) is 5.91 Å². The molecular formula is C15H15FN2O3. The molecule has 1 aromatic carbocycles. The fourth-order valence-corrected chi connectivity index (χ4v) is 2.06. The van der Waals surface area contributed by atoms with Gasteiger partial charge in [0.05, 0.1) is 11.1 Å². The number of benzene rings is 1. The lowest BCUT2D eigenvalue weighted by Crippen LogP contribution is -2.44. The summed E-state index contributed by atoms with van der Waals surface area (Å²) in [7, 11) is 0. The van der Waals surface area contributed by atoms with E-state index >= 15 is 0 Å². The van der Waals surface area contributed by atoms with Gasteiger partial charge in [0, 0.05) is 11.6 Å². The zero-order valence-corrected chi connectivity index (χ0v) is 11.6. The summed E-state index contributed by atoms with van der Waals surface area (Å²) in [5.74, 6) is -2.65. The Bertz CT molecular complexity index is 700. The monoisotopic (exact) mass is 290 g/mol. The third-order valence-electron chi connectivity index (χ3n) is 3.13.